The number of anilines is 1. The molecule has 1 saturated heterocycles. The number of nitrogens with zero attached hydrogens (tertiary/aromatic N) is 3. The zero-order valence-electron chi connectivity index (χ0n) is 24.5. The topological polar surface area (TPSA) is 96.2 Å². The molecule has 0 bridgehead atoms. The van der Waals surface area contributed by atoms with Gasteiger partial charge in [-0.05, 0) is 67.5 Å². The second kappa shape index (κ2) is 13.1. The zero-order valence-corrected chi connectivity index (χ0v) is 24.5. The zero-order chi connectivity index (χ0) is 33.3. The van der Waals surface area contributed by atoms with Gasteiger partial charge in [0.15, 0.2) is 0 Å². The lowest BCUT2D eigenvalue weighted by Gasteiger charge is -2.33. The lowest BCUT2D eigenvalue weighted by Crippen LogP contribution is -2.48. The summed E-state index contributed by atoms with van der Waals surface area (Å²) in [7, 11) is 2.43. The molecule has 0 aromatic heterocycles. The Morgan fingerprint density at radius 3 is 1.96 bits per heavy atom. The SMILES string of the molecule is CN(C(=O)N(C)[C@@H]1CN(C(=O)[C@H]2CC[C@H](COC(N)=O)CC2)C[C@H]1c1ccc(F)cc1)c1cc(C(F)(F)F)cc(C(F)(F)F)c1. The van der Waals surface area contributed by atoms with Crippen LogP contribution in [0.1, 0.15) is 48.3 Å². The number of likely N-dealkylation sites (tertiary alicyclic amines) is 1. The highest BCUT2D eigenvalue weighted by Crippen LogP contribution is 2.39. The Morgan fingerprint density at radius 2 is 1.44 bits per heavy atom. The van der Waals surface area contributed by atoms with Gasteiger partial charge in [-0.25, -0.2) is 14.0 Å². The van der Waals surface area contributed by atoms with E-state index in [1.807, 2.05) is 0 Å². The lowest BCUT2D eigenvalue weighted by molar-refractivity contribution is -0.143. The normalized spacial score (nSPS) is 22.2. The van der Waals surface area contributed by atoms with Gasteiger partial charge in [-0.2, -0.15) is 26.3 Å². The highest BCUT2D eigenvalue weighted by atomic mass is 19.4. The molecule has 0 spiro atoms. The Labute approximate surface area is 254 Å². The van der Waals surface area contributed by atoms with Crippen LogP contribution in [-0.4, -0.2) is 67.7 Å². The van der Waals surface area contributed by atoms with Gasteiger partial charge < -0.3 is 20.3 Å². The summed E-state index contributed by atoms with van der Waals surface area (Å²) in [5.74, 6) is -1.47. The molecule has 1 aliphatic heterocycles. The van der Waals surface area contributed by atoms with Crippen LogP contribution in [0.15, 0.2) is 42.5 Å². The molecule has 1 aliphatic carbocycles. The minimum atomic E-state index is -5.10. The number of carbonyl (C=O) groups excluding carboxylic acids is 3. The van der Waals surface area contributed by atoms with Crippen LogP contribution < -0.4 is 10.6 Å². The fraction of sp³-hybridized carbons (Fsp3) is 0.500. The van der Waals surface area contributed by atoms with Crippen molar-refractivity contribution in [1.82, 2.24) is 9.80 Å². The first-order chi connectivity index (χ1) is 21.0. The summed E-state index contributed by atoms with van der Waals surface area (Å²) in [5.41, 5.74) is 1.89. The van der Waals surface area contributed by atoms with E-state index in [1.54, 1.807) is 4.90 Å². The number of hydrogen-bond donors (Lipinski definition) is 1. The third-order valence-electron chi connectivity index (χ3n) is 8.60. The van der Waals surface area contributed by atoms with E-state index in [0.717, 1.165) is 7.05 Å². The molecule has 4 rings (SSSR count). The van der Waals surface area contributed by atoms with Crippen molar-refractivity contribution in [3.05, 3.63) is 65.0 Å². The molecule has 2 aromatic rings. The molecular formula is C30H33F7N4O4. The minimum Gasteiger partial charge on any atom is -0.449 e. The maximum atomic E-state index is 13.7. The van der Waals surface area contributed by atoms with Crippen molar-refractivity contribution >= 4 is 23.7 Å². The summed E-state index contributed by atoms with van der Waals surface area (Å²) in [5, 5.41) is 0. The van der Waals surface area contributed by atoms with E-state index in [-0.39, 0.29) is 43.5 Å². The highest BCUT2D eigenvalue weighted by Gasteiger charge is 2.43. The van der Waals surface area contributed by atoms with E-state index < -0.39 is 59.1 Å². The fourth-order valence-electron chi connectivity index (χ4n) is 6.05. The second-order valence-electron chi connectivity index (χ2n) is 11.5. The molecule has 0 radical (unpaired) electrons. The van der Waals surface area contributed by atoms with Crippen LogP contribution in [0.3, 0.4) is 0 Å². The van der Waals surface area contributed by atoms with Crippen molar-refractivity contribution in [2.45, 2.75) is 50.0 Å². The fourth-order valence-corrected chi connectivity index (χ4v) is 6.05. The van der Waals surface area contributed by atoms with Gasteiger partial charge in [-0.15, -0.1) is 0 Å². The average molecular weight is 647 g/mol. The summed E-state index contributed by atoms with van der Waals surface area (Å²) >= 11 is 0. The van der Waals surface area contributed by atoms with Crippen LogP contribution in [0, 0.1) is 17.7 Å². The van der Waals surface area contributed by atoms with Crippen LogP contribution in [0.4, 0.5) is 46.0 Å². The Balaban J connectivity index is 1.56. The molecular weight excluding hydrogens is 613 g/mol. The van der Waals surface area contributed by atoms with Gasteiger partial charge in [0, 0.05) is 44.7 Å². The van der Waals surface area contributed by atoms with E-state index in [1.165, 1.54) is 36.2 Å². The largest absolute Gasteiger partial charge is 0.449 e. The summed E-state index contributed by atoms with van der Waals surface area (Å²) in [4.78, 5) is 41.6. The number of rotatable bonds is 6. The van der Waals surface area contributed by atoms with Crippen LogP contribution in [0.5, 0.6) is 0 Å². The van der Waals surface area contributed by atoms with Crippen molar-refractivity contribution in [2.75, 3.05) is 38.7 Å². The first kappa shape index (κ1) is 33.8. The molecule has 45 heavy (non-hydrogen) atoms. The molecule has 2 N–H and O–H groups in total. The Hall–Kier alpha value is -4.04. The van der Waals surface area contributed by atoms with Gasteiger partial charge in [0.25, 0.3) is 0 Å². The predicted octanol–water partition coefficient (Wildman–Crippen LogP) is 6.25. The van der Waals surface area contributed by atoms with E-state index in [9.17, 15) is 45.1 Å². The average Bonchev–Trinajstić information content (AvgIpc) is 3.43. The quantitative estimate of drug-likeness (QED) is 0.376. The molecule has 8 nitrogen and oxygen atoms in total. The molecule has 1 heterocycles. The number of primary amides is 1. The molecule has 1 saturated carbocycles. The number of carbonyl (C=O) groups is 3. The van der Waals surface area contributed by atoms with Gasteiger partial charge in [-0.3, -0.25) is 9.69 Å². The Morgan fingerprint density at radius 1 is 0.889 bits per heavy atom. The van der Waals surface area contributed by atoms with Crippen molar-refractivity contribution in [3.63, 3.8) is 0 Å². The van der Waals surface area contributed by atoms with Gasteiger partial charge in [-0.1, -0.05) is 12.1 Å². The smallest absolute Gasteiger partial charge is 0.416 e. The van der Waals surface area contributed by atoms with Crippen molar-refractivity contribution < 1.29 is 49.9 Å². The van der Waals surface area contributed by atoms with Crippen LogP contribution in [0.2, 0.25) is 0 Å². The van der Waals surface area contributed by atoms with Crippen molar-refractivity contribution in [2.24, 2.45) is 17.6 Å². The van der Waals surface area contributed by atoms with Crippen LogP contribution >= 0.6 is 0 Å². The summed E-state index contributed by atoms with van der Waals surface area (Å²) in [6.07, 6.45) is -8.75. The second-order valence-corrected chi connectivity index (χ2v) is 11.5. The van der Waals surface area contributed by atoms with E-state index >= 15 is 0 Å². The van der Waals surface area contributed by atoms with Gasteiger partial charge in [0.05, 0.1) is 23.8 Å². The number of hydrogen-bond acceptors (Lipinski definition) is 4. The molecule has 2 aliphatic rings. The van der Waals surface area contributed by atoms with Gasteiger partial charge in [0.1, 0.15) is 5.82 Å². The number of likely N-dealkylation sites (N-methyl/N-ethyl adjacent to an activating group) is 1. The number of ether oxygens (including phenoxy) is 1. The van der Waals surface area contributed by atoms with E-state index in [4.69, 9.17) is 10.5 Å². The molecule has 2 atom stereocenters. The standard InChI is InChI=1S/C30H33F7N4O4/c1-39(23-12-20(29(32,33)34)11-21(13-23)30(35,36)37)28(44)40(2)25-15-41(14-24(25)18-7-9-22(31)10-8-18)26(42)19-5-3-17(4-6-19)16-45-27(38)43/h7-13,17,19,24-25H,3-6,14-16H2,1-2H3,(H2,38,43)/t17-,19-,24-,25+/m0/s1. The number of benzene rings is 2. The van der Waals surface area contributed by atoms with Crippen LogP contribution in [-0.2, 0) is 21.9 Å². The summed E-state index contributed by atoms with van der Waals surface area (Å²) in [6, 6.07) is 4.75. The maximum Gasteiger partial charge on any atom is 0.416 e. The number of alkyl halides is 6. The summed E-state index contributed by atoms with van der Waals surface area (Å²) < 4.78 is 99.4. The minimum absolute atomic E-state index is 0.0191. The van der Waals surface area contributed by atoms with E-state index in [0.29, 0.717) is 48.3 Å². The third kappa shape index (κ3) is 7.98. The molecule has 4 amide bonds. The number of amides is 4. The van der Waals surface area contributed by atoms with E-state index in [2.05, 4.69) is 0 Å². The molecule has 0 unspecified atom stereocenters. The molecule has 15 heteroatoms. The molecule has 246 valence electrons. The van der Waals surface area contributed by atoms with Crippen molar-refractivity contribution in [3.8, 4) is 0 Å². The predicted molar refractivity (Wildman–Crippen MR) is 149 cm³/mol. The number of halogens is 7. The Bertz CT molecular complexity index is 1360. The lowest BCUT2D eigenvalue weighted by atomic mass is 9.81. The highest BCUT2D eigenvalue weighted by molar-refractivity contribution is 5.92. The first-order valence-electron chi connectivity index (χ1n) is 14.2. The molecule has 2 aromatic carbocycles. The van der Waals surface area contributed by atoms with Gasteiger partial charge in [0.2, 0.25) is 5.91 Å². The van der Waals surface area contributed by atoms with Gasteiger partial charge >= 0.3 is 24.5 Å². The monoisotopic (exact) mass is 646 g/mol. The van der Waals surface area contributed by atoms with Crippen molar-refractivity contribution in [1.29, 1.82) is 0 Å². The maximum absolute atomic E-state index is 13.7. The van der Waals surface area contributed by atoms with Crippen LogP contribution in [0.25, 0.3) is 0 Å². The first-order valence-corrected chi connectivity index (χ1v) is 14.2. The molecule has 2 fully saturated rings. The number of nitrogens with two attached hydrogens (primary N) is 1. The number of urea groups is 1. The third-order valence-corrected chi connectivity index (χ3v) is 8.60. The summed E-state index contributed by atoms with van der Waals surface area (Å²) in [6.45, 7) is 0.354. The Kier molecular flexibility index (Phi) is 9.88.